The quantitative estimate of drug-likeness (QED) is 0.708. The maximum Gasteiger partial charge on any atom is 0.344 e. The van der Waals surface area contributed by atoms with Gasteiger partial charge in [0.2, 0.25) is 5.91 Å². The fourth-order valence-electron chi connectivity index (χ4n) is 3.56. The molecule has 2 aromatic rings. The standard InChI is InChI=1S/C23H26N2O5/c1-15-11-16(2)23(17(3)12-15)30-14-22(28)29-13-20(26)24-18-6-8-19(9-7-18)25-10-4-5-21(25)27/h6-9,11-12H,4-5,10,13-14H2,1-3H3,(H,24,26). The molecule has 1 aliphatic rings. The molecule has 158 valence electrons. The van der Waals surface area contributed by atoms with E-state index < -0.39 is 18.5 Å². The Morgan fingerprint density at radius 3 is 2.30 bits per heavy atom. The number of esters is 1. The number of carbonyl (C=O) groups is 3. The van der Waals surface area contributed by atoms with Crippen molar-refractivity contribution in [1.29, 1.82) is 0 Å². The molecule has 0 aromatic heterocycles. The first kappa shape index (κ1) is 21.4. The molecule has 2 aromatic carbocycles. The van der Waals surface area contributed by atoms with Crippen molar-refractivity contribution < 1.29 is 23.9 Å². The topological polar surface area (TPSA) is 84.9 Å². The maximum atomic E-state index is 12.0. The van der Waals surface area contributed by atoms with Crippen molar-refractivity contribution in [2.24, 2.45) is 0 Å². The molecule has 1 saturated heterocycles. The van der Waals surface area contributed by atoms with E-state index in [2.05, 4.69) is 5.32 Å². The number of nitrogens with zero attached hydrogens (tertiary/aromatic N) is 1. The van der Waals surface area contributed by atoms with Crippen molar-refractivity contribution in [1.82, 2.24) is 0 Å². The third kappa shape index (κ3) is 5.37. The average Bonchev–Trinajstić information content (AvgIpc) is 3.12. The van der Waals surface area contributed by atoms with Crippen LogP contribution in [0.25, 0.3) is 0 Å². The van der Waals surface area contributed by atoms with Crippen molar-refractivity contribution in [3.05, 3.63) is 53.1 Å². The van der Waals surface area contributed by atoms with Crippen LogP contribution < -0.4 is 15.0 Å². The number of anilines is 2. The molecule has 0 aliphatic carbocycles. The number of aryl methyl sites for hydroxylation is 3. The van der Waals surface area contributed by atoms with E-state index in [4.69, 9.17) is 9.47 Å². The van der Waals surface area contributed by atoms with Gasteiger partial charge in [-0.05, 0) is 62.6 Å². The van der Waals surface area contributed by atoms with E-state index in [0.29, 0.717) is 24.4 Å². The van der Waals surface area contributed by atoms with Gasteiger partial charge in [0.15, 0.2) is 13.2 Å². The van der Waals surface area contributed by atoms with Gasteiger partial charge in [-0.3, -0.25) is 9.59 Å². The molecule has 3 rings (SSSR count). The highest BCUT2D eigenvalue weighted by atomic mass is 16.6. The molecule has 0 unspecified atom stereocenters. The summed E-state index contributed by atoms with van der Waals surface area (Å²) in [6.07, 6.45) is 1.42. The minimum atomic E-state index is -0.618. The fraction of sp³-hybridized carbons (Fsp3) is 0.348. The molecular formula is C23H26N2O5. The van der Waals surface area contributed by atoms with E-state index >= 15 is 0 Å². The molecule has 0 atom stereocenters. The Balaban J connectivity index is 1.44. The molecule has 1 N–H and O–H groups in total. The number of amides is 2. The van der Waals surface area contributed by atoms with Crippen LogP contribution in [0.4, 0.5) is 11.4 Å². The minimum absolute atomic E-state index is 0.108. The number of nitrogens with one attached hydrogen (secondary N) is 1. The predicted molar refractivity (Wildman–Crippen MR) is 114 cm³/mol. The lowest BCUT2D eigenvalue weighted by atomic mass is 10.1. The number of rotatable bonds is 7. The van der Waals surface area contributed by atoms with Gasteiger partial charge >= 0.3 is 5.97 Å². The molecule has 0 bridgehead atoms. The number of carbonyl (C=O) groups excluding carboxylic acids is 3. The summed E-state index contributed by atoms with van der Waals surface area (Å²) in [5.74, 6) is -0.306. The molecular weight excluding hydrogens is 384 g/mol. The second kappa shape index (κ2) is 9.43. The van der Waals surface area contributed by atoms with E-state index in [1.165, 1.54) is 0 Å². The van der Waals surface area contributed by atoms with E-state index in [0.717, 1.165) is 28.8 Å². The van der Waals surface area contributed by atoms with Crippen LogP contribution in [0.3, 0.4) is 0 Å². The van der Waals surface area contributed by atoms with Gasteiger partial charge in [0.1, 0.15) is 5.75 Å². The van der Waals surface area contributed by atoms with E-state index in [1.54, 1.807) is 29.2 Å². The Kier molecular flexibility index (Phi) is 6.72. The van der Waals surface area contributed by atoms with E-state index in [9.17, 15) is 14.4 Å². The van der Waals surface area contributed by atoms with Crippen LogP contribution in [0.5, 0.6) is 5.75 Å². The van der Waals surface area contributed by atoms with Crippen LogP contribution in [0, 0.1) is 20.8 Å². The van der Waals surface area contributed by atoms with Gasteiger partial charge in [-0.15, -0.1) is 0 Å². The SMILES string of the molecule is Cc1cc(C)c(OCC(=O)OCC(=O)Nc2ccc(N3CCCC3=O)cc2)c(C)c1. The Hall–Kier alpha value is -3.35. The average molecular weight is 410 g/mol. The normalized spacial score (nSPS) is 13.3. The molecule has 7 heteroatoms. The lowest BCUT2D eigenvalue weighted by molar-refractivity contribution is -0.149. The van der Waals surface area contributed by atoms with Gasteiger partial charge in [0.05, 0.1) is 0 Å². The number of hydrogen-bond acceptors (Lipinski definition) is 5. The summed E-state index contributed by atoms with van der Waals surface area (Å²) in [6, 6.07) is 11.0. The zero-order chi connectivity index (χ0) is 21.7. The molecule has 0 saturated carbocycles. The van der Waals surface area contributed by atoms with Crippen LogP contribution in [0.1, 0.15) is 29.5 Å². The van der Waals surface area contributed by atoms with E-state index in [1.807, 2.05) is 32.9 Å². The molecule has 2 amide bonds. The van der Waals surface area contributed by atoms with Gasteiger partial charge in [-0.2, -0.15) is 0 Å². The number of hydrogen-bond donors (Lipinski definition) is 1. The summed E-state index contributed by atoms with van der Waals surface area (Å²) in [5, 5.41) is 2.66. The summed E-state index contributed by atoms with van der Waals surface area (Å²) in [6.45, 7) is 5.87. The van der Waals surface area contributed by atoms with Crippen molar-refractivity contribution in [3.8, 4) is 5.75 Å². The molecule has 7 nitrogen and oxygen atoms in total. The molecule has 1 aliphatic heterocycles. The highest BCUT2D eigenvalue weighted by molar-refractivity contribution is 5.96. The summed E-state index contributed by atoms with van der Waals surface area (Å²) >= 11 is 0. The highest BCUT2D eigenvalue weighted by Gasteiger charge is 2.21. The molecule has 1 fully saturated rings. The molecule has 0 spiro atoms. The highest BCUT2D eigenvalue weighted by Crippen LogP contribution is 2.25. The largest absolute Gasteiger partial charge is 0.481 e. The zero-order valence-electron chi connectivity index (χ0n) is 17.5. The first-order valence-corrected chi connectivity index (χ1v) is 9.90. The Morgan fingerprint density at radius 1 is 1.03 bits per heavy atom. The van der Waals surface area contributed by atoms with Crippen molar-refractivity contribution in [3.63, 3.8) is 0 Å². The monoisotopic (exact) mass is 410 g/mol. The first-order valence-electron chi connectivity index (χ1n) is 9.90. The second-order valence-corrected chi connectivity index (χ2v) is 7.42. The number of benzene rings is 2. The van der Waals surface area contributed by atoms with Gasteiger partial charge in [0.25, 0.3) is 5.91 Å². The smallest absolute Gasteiger partial charge is 0.344 e. The molecule has 30 heavy (non-hydrogen) atoms. The van der Waals surface area contributed by atoms with Crippen molar-refractivity contribution in [2.75, 3.05) is 30.0 Å². The van der Waals surface area contributed by atoms with Gasteiger partial charge in [-0.25, -0.2) is 4.79 Å². The third-order valence-corrected chi connectivity index (χ3v) is 4.84. The Labute approximate surface area is 176 Å². The fourth-order valence-corrected chi connectivity index (χ4v) is 3.56. The van der Waals surface area contributed by atoms with Crippen LogP contribution in [0.2, 0.25) is 0 Å². The van der Waals surface area contributed by atoms with E-state index in [-0.39, 0.29) is 12.5 Å². The Morgan fingerprint density at radius 2 is 1.70 bits per heavy atom. The van der Waals surface area contributed by atoms with Crippen LogP contribution in [-0.4, -0.2) is 37.5 Å². The van der Waals surface area contributed by atoms with Crippen molar-refractivity contribution in [2.45, 2.75) is 33.6 Å². The van der Waals surface area contributed by atoms with Gasteiger partial charge in [0, 0.05) is 24.3 Å². The minimum Gasteiger partial charge on any atom is -0.481 e. The third-order valence-electron chi connectivity index (χ3n) is 4.84. The summed E-state index contributed by atoms with van der Waals surface area (Å²) in [7, 11) is 0. The first-order chi connectivity index (χ1) is 14.3. The van der Waals surface area contributed by atoms with Crippen LogP contribution in [-0.2, 0) is 19.1 Å². The molecule has 1 heterocycles. The van der Waals surface area contributed by atoms with Crippen LogP contribution in [0.15, 0.2) is 36.4 Å². The summed E-state index contributed by atoms with van der Waals surface area (Å²) in [5.41, 5.74) is 4.38. The summed E-state index contributed by atoms with van der Waals surface area (Å²) < 4.78 is 10.6. The maximum absolute atomic E-state index is 12.0. The predicted octanol–water partition coefficient (Wildman–Crippen LogP) is 3.30. The van der Waals surface area contributed by atoms with Crippen molar-refractivity contribution >= 4 is 29.2 Å². The lowest BCUT2D eigenvalue weighted by Gasteiger charge is -2.16. The molecule has 0 radical (unpaired) electrons. The zero-order valence-corrected chi connectivity index (χ0v) is 17.5. The van der Waals surface area contributed by atoms with Crippen LogP contribution >= 0.6 is 0 Å². The lowest BCUT2D eigenvalue weighted by Crippen LogP contribution is -2.24. The van der Waals surface area contributed by atoms with Gasteiger partial charge in [-0.1, -0.05) is 17.7 Å². The Bertz CT molecular complexity index is 930. The summed E-state index contributed by atoms with van der Waals surface area (Å²) in [4.78, 5) is 37.5. The second-order valence-electron chi connectivity index (χ2n) is 7.42. The van der Waals surface area contributed by atoms with Gasteiger partial charge < -0.3 is 19.7 Å². The number of ether oxygens (including phenoxy) is 2.